The van der Waals surface area contributed by atoms with Crippen LogP contribution >= 0.6 is 0 Å². The highest BCUT2D eigenvalue weighted by Gasteiger charge is 2.37. The van der Waals surface area contributed by atoms with Gasteiger partial charge in [0, 0.05) is 23.9 Å². The zero-order chi connectivity index (χ0) is 21.3. The van der Waals surface area contributed by atoms with Gasteiger partial charge in [-0.25, -0.2) is 0 Å². The Balaban J connectivity index is 1.93. The van der Waals surface area contributed by atoms with E-state index in [-0.39, 0.29) is 18.4 Å². The maximum atomic E-state index is 12.9. The number of hydrogen-bond donors (Lipinski definition) is 1. The number of benzene rings is 2. The van der Waals surface area contributed by atoms with Gasteiger partial charge in [0.25, 0.3) is 5.91 Å². The van der Waals surface area contributed by atoms with Crippen molar-refractivity contribution in [3.05, 3.63) is 65.2 Å². The largest absolute Gasteiger partial charge is 0.490 e. The summed E-state index contributed by atoms with van der Waals surface area (Å²) in [4.78, 5) is 27.5. The summed E-state index contributed by atoms with van der Waals surface area (Å²) in [7, 11) is 0. The summed E-state index contributed by atoms with van der Waals surface area (Å²) < 4.78 is 5.95. The highest BCUT2D eigenvalue weighted by Crippen LogP contribution is 2.38. The van der Waals surface area contributed by atoms with E-state index in [0.29, 0.717) is 29.2 Å². The van der Waals surface area contributed by atoms with E-state index < -0.39 is 5.41 Å². The lowest BCUT2D eigenvalue weighted by Crippen LogP contribution is -2.42. The van der Waals surface area contributed by atoms with Crippen molar-refractivity contribution in [1.29, 1.82) is 0 Å². The number of carbonyl (C=O) groups excluding carboxylic acids is 2. The van der Waals surface area contributed by atoms with E-state index in [1.54, 1.807) is 23.1 Å². The number of hydrogen-bond acceptors (Lipinski definition) is 3. The lowest BCUT2D eigenvalue weighted by Gasteiger charge is -2.27. The fraction of sp³-hybridized carbons (Fsp3) is 0.333. The van der Waals surface area contributed by atoms with Crippen molar-refractivity contribution < 1.29 is 14.3 Å². The Kier molecular flexibility index (Phi) is 5.51. The summed E-state index contributed by atoms with van der Waals surface area (Å²) in [5.74, 6) is 0.396. The molecule has 2 aromatic carbocycles. The molecule has 1 N–H and O–H groups in total. The number of ether oxygens (including phenoxy) is 1. The number of carbonyl (C=O) groups is 2. The molecule has 2 aromatic rings. The molecule has 0 aliphatic carbocycles. The van der Waals surface area contributed by atoms with Crippen LogP contribution in [-0.2, 0) is 4.79 Å². The molecule has 1 aliphatic heterocycles. The van der Waals surface area contributed by atoms with Crippen molar-refractivity contribution in [2.75, 3.05) is 23.4 Å². The van der Waals surface area contributed by atoms with Gasteiger partial charge >= 0.3 is 0 Å². The van der Waals surface area contributed by atoms with Gasteiger partial charge in [0.15, 0.2) is 0 Å². The molecule has 1 heterocycles. The van der Waals surface area contributed by atoms with Crippen LogP contribution in [0, 0.1) is 26.2 Å². The summed E-state index contributed by atoms with van der Waals surface area (Å²) in [5.41, 5.74) is 4.34. The molecule has 0 saturated carbocycles. The Morgan fingerprint density at radius 2 is 1.86 bits per heavy atom. The molecule has 0 unspecified atom stereocenters. The maximum Gasteiger partial charge on any atom is 0.256 e. The van der Waals surface area contributed by atoms with Gasteiger partial charge in [-0.1, -0.05) is 23.8 Å². The lowest BCUT2D eigenvalue weighted by molar-refractivity contribution is -0.127. The van der Waals surface area contributed by atoms with Crippen molar-refractivity contribution >= 4 is 23.2 Å². The van der Waals surface area contributed by atoms with E-state index in [2.05, 4.69) is 11.9 Å². The highest BCUT2D eigenvalue weighted by molar-refractivity contribution is 6.07. The molecule has 0 aromatic heterocycles. The lowest BCUT2D eigenvalue weighted by atomic mass is 9.93. The van der Waals surface area contributed by atoms with Crippen LogP contribution in [0.5, 0.6) is 5.75 Å². The van der Waals surface area contributed by atoms with Crippen LogP contribution < -0.4 is 15.0 Å². The number of aryl methyl sites for hydroxylation is 3. The monoisotopic (exact) mass is 392 g/mol. The second-order valence-corrected chi connectivity index (χ2v) is 8.29. The third-order valence-corrected chi connectivity index (χ3v) is 5.14. The number of nitrogens with one attached hydrogen (secondary N) is 1. The fourth-order valence-corrected chi connectivity index (χ4v) is 3.77. The second-order valence-electron chi connectivity index (χ2n) is 8.29. The number of rotatable bonds is 4. The fourth-order valence-electron chi connectivity index (χ4n) is 3.77. The molecule has 0 radical (unpaired) electrons. The topological polar surface area (TPSA) is 58.6 Å². The molecule has 2 amide bonds. The predicted molar refractivity (Wildman–Crippen MR) is 117 cm³/mol. The van der Waals surface area contributed by atoms with Gasteiger partial charge in [0.1, 0.15) is 12.4 Å². The summed E-state index contributed by atoms with van der Waals surface area (Å²) in [5, 5.41) is 2.97. The molecule has 3 rings (SSSR count). The van der Waals surface area contributed by atoms with Gasteiger partial charge in [0.05, 0.1) is 11.1 Å². The van der Waals surface area contributed by atoms with Crippen molar-refractivity contribution in [2.24, 2.45) is 5.41 Å². The van der Waals surface area contributed by atoms with E-state index in [9.17, 15) is 9.59 Å². The molecule has 0 saturated heterocycles. The number of anilines is 2. The predicted octanol–water partition coefficient (Wildman–Crippen LogP) is 4.80. The zero-order valence-electron chi connectivity index (χ0n) is 17.8. The summed E-state index contributed by atoms with van der Waals surface area (Å²) >= 11 is 0. The first-order valence-electron chi connectivity index (χ1n) is 9.73. The van der Waals surface area contributed by atoms with E-state index >= 15 is 0 Å². The summed E-state index contributed by atoms with van der Waals surface area (Å²) in [6, 6.07) is 9.38. The molecule has 0 atom stereocenters. The van der Waals surface area contributed by atoms with E-state index in [1.165, 1.54) is 0 Å². The van der Waals surface area contributed by atoms with Crippen molar-refractivity contribution in [3.8, 4) is 5.75 Å². The molecule has 5 heteroatoms. The number of nitrogens with zero attached hydrogens (tertiary/aromatic N) is 1. The second kappa shape index (κ2) is 7.74. The SMILES string of the molecule is C=CCN1C(=O)C(C)(C)COc2cc(NC(=O)c3c(C)cc(C)cc3C)ccc21. The minimum Gasteiger partial charge on any atom is -0.490 e. The first kappa shape index (κ1) is 20.6. The van der Waals surface area contributed by atoms with E-state index in [1.807, 2.05) is 52.8 Å². The van der Waals surface area contributed by atoms with Crippen molar-refractivity contribution in [3.63, 3.8) is 0 Å². The molecule has 29 heavy (non-hydrogen) atoms. The Hall–Kier alpha value is -3.08. The van der Waals surface area contributed by atoms with Crippen LogP contribution in [-0.4, -0.2) is 25.0 Å². The van der Waals surface area contributed by atoms with E-state index in [0.717, 1.165) is 16.7 Å². The Morgan fingerprint density at radius 3 is 2.48 bits per heavy atom. The van der Waals surface area contributed by atoms with Crippen molar-refractivity contribution in [1.82, 2.24) is 0 Å². The standard InChI is InChI=1S/C24H28N2O3/c1-7-10-26-19-9-8-18(13-20(19)29-14-24(5,6)23(26)28)25-22(27)21-16(3)11-15(2)12-17(21)4/h7-9,11-13H,1,10,14H2,2-6H3,(H,25,27). The van der Waals surface area contributed by atoms with Crippen LogP contribution in [0.1, 0.15) is 40.9 Å². The quantitative estimate of drug-likeness (QED) is 0.760. The van der Waals surface area contributed by atoms with Crippen LogP contribution in [0.3, 0.4) is 0 Å². The van der Waals surface area contributed by atoms with Crippen molar-refractivity contribution in [2.45, 2.75) is 34.6 Å². The van der Waals surface area contributed by atoms with Crippen LogP contribution in [0.2, 0.25) is 0 Å². The summed E-state index contributed by atoms with van der Waals surface area (Å²) in [6.07, 6.45) is 1.70. The maximum absolute atomic E-state index is 12.9. The van der Waals surface area contributed by atoms with Gasteiger partial charge in [-0.05, 0) is 57.9 Å². The van der Waals surface area contributed by atoms with Gasteiger partial charge in [-0.2, -0.15) is 0 Å². The van der Waals surface area contributed by atoms with E-state index in [4.69, 9.17) is 4.74 Å². The van der Waals surface area contributed by atoms with Crippen LogP contribution in [0.15, 0.2) is 43.0 Å². The number of amides is 2. The average molecular weight is 392 g/mol. The molecular formula is C24H28N2O3. The summed E-state index contributed by atoms with van der Waals surface area (Å²) in [6.45, 7) is 14.0. The van der Waals surface area contributed by atoms with Crippen LogP contribution in [0.4, 0.5) is 11.4 Å². The van der Waals surface area contributed by atoms with Gasteiger partial charge in [-0.3, -0.25) is 9.59 Å². The Labute approximate surface area is 172 Å². The average Bonchev–Trinajstić information content (AvgIpc) is 2.71. The van der Waals surface area contributed by atoms with Gasteiger partial charge in [-0.15, -0.1) is 6.58 Å². The van der Waals surface area contributed by atoms with Crippen LogP contribution in [0.25, 0.3) is 0 Å². The molecule has 0 spiro atoms. The minimum absolute atomic E-state index is 0.0150. The first-order valence-corrected chi connectivity index (χ1v) is 9.73. The Bertz CT molecular complexity index is 969. The van der Waals surface area contributed by atoms with Gasteiger partial charge in [0.2, 0.25) is 5.91 Å². The molecule has 5 nitrogen and oxygen atoms in total. The smallest absolute Gasteiger partial charge is 0.256 e. The normalized spacial score (nSPS) is 15.2. The molecule has 0 bridgehead atoms. The first-order chi connectivity index (χ1) is 13.6. The minimum atomic E-state index is -0.651. The molecule has 152 valence electrons. The Morgan fingerprint density at radius 1 is 1.21 bits per heavy atom. The van der Waals surface area contributed by atoms with Gasteiger partial charge < -0.3 is 15.0 Å². The molecule has 1 aliphatic rings. The number of fused-ring (bicyclic) bond motifs is 1. The molecule has 0 fully saturated rings. The third-order valence-electron chi connectivity index (χ3n) is 5.14. The third kappa shape index (κ3) is 4.04. The zero-order valence-corrected chi connectivity index (χ0v) is 17.8. The molecular weight excluding hydrogens is 364 g/mol. The highest BCUT2D eigenvalue weighted by atomic mass is 16.5.